The van der Waals surface area contributed by atoms with Crippen molar-refractivity contribution in [3.8, 4) is 0 Å². The molecule has 0 aromatic heterocycles. The summed E-state index contributed by atoms with van der Waals surface area (Å²) < 4.78 is 25.3. The van der Waals surface area contributed by atoms with Crippen LogP contribution in [-0.4, -0.2) is 21.2 Å². The molecule has 0 radical (unpaired) electrons. The van der Waals surface area contributed by atoms with Gasteiger partial charge in [-0.2, -0.15) is 0 Å². The van der Waals surface area contributed by atoms with Crippen molar-refractivity contribution in [1.82, 2.24) is 4.72 Å². The maximum absolute atomic E-state index is 11.8. The van der Waals surface area contributed by atoms with Crippen LogP contribution in [0.3, 0.4) is 0 Å². The molecular weight excluding hydrogens is 250 g/mol. The topological polar surface area (TPSA) is 63.2 Å². The van der Waals surface area contributed by atoms with Crippen LogP contribution in [0.25, 0.3) is 0 Å². The van der Waals surface area contributed by atoms with Gasteiger partial charge in [0.05, 0.1) is 4.90 Å². The molecule has 18 heavy (non-hydrogen) atoms. The van der Waals surface area contributed by atoms with E-state index in [1.54, 1.807) is 12.1 Å². The Labute approximate surface area is 108 Å². The number of Topliss-reactive ketones (excluding diaryl/α,β-unsaturated/α-hetero) is 1. The number of sulfonamides is 1. The Hall–Kier alpha value is -1.20. The predicted octanol–water partition coefficient (Wildman–Crippen LogP) is 1.75. The Balaban J connectivity index is 2.89. The largest absolute Gasteiger partial charge is 0.299 e. The van der Waals surface area contributed by atoms with E-state index in [1.807, 2.05) is 20.8 Å². The first-order chi connectivity index (χ1) is 8.16. The second-order valence-corrected chi connectivity index (χ2v) is 7.09. The van der Waals surface area contributed by atoms with Crippen LogP contribution in [0.4, 0.5) is 0 Å². The summed E-state index contributed by atoms with van der Waals surface area (Å²) in [7, 11) is -2.04. The molecule has 1 aromatic carbocycles. The van der Waals surface area contributed by atoms with Gasteiger partial charge in [0.25, 0.3) is 0 Å². The first kappa shape index (κ1) is 14.9. The van der Waals surface area contributed by atoms with Gasteiger partial charge in [-0.25, -0.2) is 13.1 Å². The van der Waals surface area contributed by atoms with Crippen LogP contribution in [0, 0.1) is 5.41 Å². The Morgan fingerprint density at radius 2 is 1.67 bits per heavy atom. The fourth-order valence-electron chi connectivity index (χ4n) is 1.35. The number of benzene rings is 1. The molecule has 0 atom stereocenters. The number of carbonyl (C=O) groups is 1. The van der Waals surface area contributed by atoms with E-state index in [0.29, 0.717) is 6.42 Å². The van der Waals surface area contributed by atoms with Crippen LogP contribution < -0.4 is 4.72 Å². The molecule has 0 saturated carbocycles. The summed E-state index contributed by atoms with van der Waals surface area (Å²) in [4.78, 5) is 12.0. The van der Waals surface area contributed by atoms with Gasteiger partial charge in [0, 0.05) is 11.8 Å². The van der Waals surface area contributed by atoms with Crippen molar-refractivity contribution in [2.24, 2.45) is 5.41 Å². The number of ketones is 1. The average molecular weight is 269 g/mol. The summed E-state index contributed by atoms with van der Waals surface area (Å²) in [5.41, 5.74) is 0.445. The Morgan fingerprint density at radius 1 is 1.17 bits per heavy atom. The third-order valence-corrected chi connectivity index (χ3v) is 4.13. The van der Waals surface area contributed by atoms with E-state index in [4.69, 9.17) is 0 Å². The number of nitrogens with one attached hydrogen (secondary N) is 1. The number of hydrogen-bond acceptors (Lipinski definition) is 3. The molecule has 0 unspecified atom stereocenters. The molecule has 100 valence electrons. The van der Waals surface area contributed by atoms with Crippen LogP contribution >= 0.6 is 0 Å². The van der Waals surface area contributed by atoms with Crippen molar-refractivity contribution in [3.63, 3.8) is 0 Å². The van der Waals surface area contributed by atoms with Crippen molar-refractivity contribution in [2.45, 2.75) is 32.1 Å². The molecule has 1 rings (SSSR count). The first-order valence-corrected chi connectivity index (χ1v) is 7.21. The molecule has 0 amide bonds. The second kappa shape index (κ2) is 5.20. The zero-order chi connectivity index (χ0) is 14.0. The van der Waals surface area contributed by atoms with Crippen molar-refractivity contribution < 1.29 is 13.2 Å². The third-order valence-electron chi connectivity index (χ3n) is 2.70. The molecule has 1 N–H and O–H groups in total. The average Bonchev–Trinajstić information content (AvgIpc) is 2.28. The Kier molecular flexibility index (Phi) is 4.29. The first-order valence-electron chi connectivity index (χ1n) is 5.72. The van der Waals surface area contributed by atoms with Crippen molar-refractivity contribution in [2.75, 3.05) is 7.05 Å². The maximum Gasteiger partial charge on any atom is 0.240 e. The standard InChI is InChI=1S/C13H19NO3S/c1-13(2,3)12(15)9-10-5-7-11(8-6-10)18(16,17)14-4/h5-8,14H,9H2,1-4H3. The van der Waals surface area contributed by atoms with E-state index in [2.05, 4.69) is 4.72 Å². The van der Waals surface area contributed by atoms with E-state index < -0.39 is 10.0 Å². The highest BCUT2D eigenvalue weighted by Gasteiger charge is 2.21. The summed E-state index contributed by atoms with van der Waals surface area (Å²) in [5, 5.41) is 0. The molecule has 0 spiro atoms. The lowest BCUT2D eigenvalue weighted by atomic mass is 9.87. The van der Waals surface area contributed by atoms with Crippen LogP contribution in [0.5, 0.6) is 0 Å². The molecule has 0 saturated heterocycles. The lowest BCUT2D eigenvalue weighted by Gasteiger charge is -2.16. The van der Waals surface area contributed by atoms with E-state index in [-0.39, 0.29) is 16.1 Å². The molecule has 0 bridgehead atoms. The Bertz CT molecular complexity index is 524. The Morgan fingerprint density at radius 3 is 2.06 bits per heavy atom. The van der Waals surface area contributed by atoms with Crippen molar-refractivity contribution in [3.05, 3.63) is 29.8 Å². The van der Waals surface area contributed by atoms with Gasteiger partial charge in [-0.05, 0) is 24.7 Å². The minimum Gasteiger partial charge on any atom is -0.299 e. The molecule has 0 aliphatic rings. The SMILES string of the molecule is CNS(=O)(=O)c1ccc(CC(=O)C(C)(C)C)cc1. The number of hydrogen-bond donors (Lipinski definition) is 1. The van der Waals surface area contributed by atoms with Gasteiger partial charge < -0.3 is 0 Å². The molecule has 0 aliphatic carbocycles. The zero-order valence-electron chi connectivity index (χ0n) is 11.1. The quantitative estimate of drug-likeness (QED) is 0.905. The molecule has 4 nitrogen and oxygen atoms in total. The van der Waals surface area contributed by atoms with Gasteiger partial charge in [-0.3, -0.25) is 4.79 Å². The minimum absolute atomic E-state index is 0.131. The van der Waals surface area contributed by atoms with E-state index >= 15 is 0 Å². The highest BCUT2D eigenvalue weighted by molar-refractivity contribution is 7.89. The summed E-state index contributed by atoms with van der Waals surface area (Å²) in [5.74, 6) is 0.131. The van der Waals surface area contributed by atoms with Crippen LogP contribution in [0.1, 0.15) is 26.3 Å². The predicted molar refractivity (Wildman–Crippen MR) is 70.9 cm³/mol. The summed E-state index contributed by atoms with van der Waals surface area (Å²) in [6.07, 6.45) is 0.323. The van der Waals surface area contributed by atoms with Crippen molar-refractivity contribution in [1.29, 1.82) is 0 Å². The maximum atomic E-state index is 11.8. The molecule has 1 aromatic rings. The third kappa shape index (κ3) is 3.65. The lowest BCUT2D eigenvalue weighted by Crippen LogP contribution is -2.22. The smallest absolute Gasteiger partial charge is 0.240 e. The number of carbonyl (C=O) groups excluding carboxylic acids is 1. The van der Waals surface area contributed by atoms with E-state index in [9.17, 15) is 13.2 Å². The van der Waals surface area contributed by atoms with Gasteiger partial charge in [0.15, 0.2) is 0 Å². The molecular formula is C13H19NO3S. The molecule has 0 fully saturated rings. The summed E-state index contributed by atoms with van der Waals surface area (Å²) >= 11 is 0. The van der Waals surface area contributed by atoms with Gasteiger partial charge in [0.1, 0.15) is 5.78 Å². The molecule has 0 aliphatic heterocycles. The monoisotopic (exact) mass is 269 g/mol. The van der Waals surface area contributed by atoms with Crippen molar-refractivity contribution >= 4 is 15.8 Å². The number of rotatable bonds is 4. The van der Waals surface area contributed by atoms with Gasteiger partial charge >= 0.3 is 0 Å². The lowest BCUT2D eigenvalue weighted by molar-refractivity contribution is -0.125. The minimum atomic E-state index is -3.41. The summed E-state index contributed by atoms with van der Waals surface area (Å²) in [6.45, 7) is 5.61. The van der Waals surface area contributed by atoms with Gasteiger partial charge in [-0.1, -0.05) is 32.9 Å². The van der Waals surface area contributed by atoms with Crippen LogP contribution in [-0.2, 0) is 21.2 Å². The normalized spacial score (nSPS) is 12.4. The van der Waals surface area contributed by atoms with Crippen LogP contribution in [0.2, 0.25) is 0 Å². The molecule has 0 heterocycles. The fourth-order valence-corrected chi connectivity index (χ4v) is 2.08. The molecule has 5 heteroatoms. The van der Waals surface area contributed by atoms with Gasteiger partial charge in [-0.15, -0.1) is 0 Å². The van der Waals surface area contributed by atoms with Gasteiger partial charge in [0.2, 0.25) is 10.0 Å². The zero-order valence-corrected chi connectivity index (χ0v) is 12.0. The highest BCUT2D eigenvalue weighted by Crippen LogP contribution is 2.18. The summed E-state index contributed by atoms with van der Waals surface area (Å²) in [6, 6.07) is 6.37. The van der Waals surface area contributed by atoms with E-state index in [1.165, 1.54) is 19.2 Å². The van der Waals surface area contributed by atoms with E-state index in [0.717, 1.165) is 5.56 Å². The highest BCUT2D eigenvalue weighted by atomic mass is 32.2. The fraction of sp³-hybridized carbons (Fsp3) is 0.462. The van der Waals surface area contributed by atoms with Crippen LogP contribution in [0.15, 0.2) is 29.2 Å². The second-order valence-electron chi connectivity index (χ2n) is 5.20.